The molecule has 1 fully saturated rings. The Kier molecular flexibility index (Phi) is 10.5. The van der Waals surface area contributed by atoms with E-state index in [1.54, 1.807) is 18.2 Å². The molecule has 0 radical (unpaired) electrons. The Bertz CT molecular complexity index is 1420. The third kappa shape index (κ3) is 7.58. The number of likely N-dealkylation sites (tertiary alicyclic amines) is 1. The van der Waals surface area contributed by atoms with Gasteiger partial charge >= 0.3 is 0 Å². The summed E-state index contributed by atoms with van der Waals surface area (Å²) in [5, 5.41) is 3.37. The summed E-state index contributed by atoms with van der Waals surface area (Å²) in [6, 6.07) is 7.28. The van der Waals surface area contributed by atoms with Crippen LogP contribution in [0.4, 0.5) is 22.0 Å². The van der Waals surface area contributed by atoms with E-state index in [4.69, 9.17) is 4.74 Å². The minimum absolute atomic E-state index is 0.0689. The molecule has 232 valence electrons. The summed E-state index contributed by atoms with van der Waals surface area (Å²) in [6.07, 6.45) is 5.13. The van der Waals surface area contributed by atoms with Gasteiger partial charge in [0.15, 0.2) is 6.17 Å². The van der Waals surface area contributed by atoms with Crippen molar-refractivity contribution in [1.82, 2.24) is 10.2 Å². The summed E-state index contributed by atoms with van der Waals surface area (Å²) in [6.45, 7) is 12.3. The van der Waals surface area contributed by atoms with Crippen molar-refractivity contribution in [2.24, 2.45) is 0 Å². The van der Waals surface area contributed by atoms with E-state index in [9.17, 15) is 17.6 Å². The van der Waals surface area contributed by atoms with E-state index in [2.05, 4.69) is 16.8 Å². The predicted octanol–water partition coefficient (Wildman–Crippen LogP) is 9.03. The quantitative estimate of drug-likeness (QED) is 0.141. The molecule has 0 amide bonds. The van der Waals surface area contributed by atoms with Gasteiger partial charge in [-0.2, -0.15) is 0 Å². The summed E-state index contributed by atoms with van der Waals surface area (Å²) < 4.78 is 78.5. The molecule has 2 aromatic rings. The fraction of sp³-hybridized carbons (Fsp3) is 0.429. The maximum atomic E-state index is 15.7. The van der Waals surface area contributed by atoms with E-state index in [0.717, 1.165) is 54.5 Å². The van der Waals surface area contributed by atoms with Gasteiger partial charge in [-0.15, -0.1) is 0 Å². The molecule has 0 bridgehead atoms. The molecule has 0 aromatic heterocycles. The van der Waals surface area contributed by atoms with E-state index in [-0.39, 0.29) is 36.2 Å². The molecule has 43 heavy (non-hydrogen) atoms. The van der Waals surface area contributed by atoms with Crippen molar-refractivity contribution in [2.45, 2.75) is 71.5 Å². The Hall–Kier alpha value is -3.39. The summed E-state index contributed by atoms with van der Waals surface area (Å²) >= 11 is 0. The number of aryl methyl sites for hydroxylation is 1. The molecule has 1 saturated heterocycles. The highest BCUT2D eigenvalue weighted by atomic mass is 19.3. The molecular weight excluding hydrogens is 559 g/mol. The van der Waals surface area contributed by atoms with Gasteiger partial charge in [-0.25, -0.2) is 17.6 Å². The molecule has 0 spiro atoms. The van der Waals surface area contributed by atoms with Gasteiger partial charge in [0.1, 0.15) is 17.3 Å². The molecule has 1 unspecified atom stereocenters. The van der Waals surface area contributed by atoms with Crippen molar-refractivity contribution in [3.05, 3.63) is 99.7 Å². The second-order valence-corrected chi connectivity index (χ2v) is 11.5. The van der Waals surface area contributed by atoms with Gasteiger partial charge in [0, 0.05) is 55.4 Å². The minimum Gasteiger partial charge on any atom is -0.458 e. The number of hydrogen-bond donors (Lipinski definition) is 1. The van der Waals surface area contributed by atoms with Crippen LogP contribution in [0.3, 0.4) is 0 Å². The summed E-state index contributed by atoms with van der Waals surface area (Å²) in [7, 11) is 0. The van der Waals surface area contributed by atoms with Crippen LogP contribution in [0.25, 0.3) is 17.4 Å². The number of allylic oxidation sites excluding steroid dienone is 5. The lowest BCUT2D eigenvalue weighted by Gasteiger charge is -2.41. The van der Waals surface area contributed by atoms with Crippen LogP contribution in [0.2, 0.25) is 0 Å². The first kappa shape index (κ1) is 32.5. The summed E-state index contributed by atoms with van der Waals surface area (Å²) in [5.41, 5.74) is 4.20. The maximum Gasteiger partial charge on any atom is 0.271 e. The second kappa shape index (κ2) is 13.9. The molecule has 3 nitrogen and oxygen atoms in total. The molecule has 1 aliphatic carbocycles. The van der Waals surface area contributed by atoms with Crippen molar-refractivity contribution in [3.63, 3.8) is 0 Å². The Balaban J connectivity index is 1.78. The number of ether oxygens (including phenoxy) is 1. The van der Waals surface area contributed by atoms with Crippen LogP contribution in [0.5, 0.6) is 0 Å². The first-order valence-electron chi connectivity index (χ1n) is 14.9. The average Bonchev–Trinajstić information content (AvgIpc) is 2.93. The Morgan fingerprint density at radius 1 is 1.14 bits per heavy atom. The van der Waals surface area contributed by atoms with Crippen LogP contribution in [-0.4, -0.2) is 43.4 Å². The molecule has 8 heteroatoms. The van der Waals surface area contributed by atoms with Crippen molar-refractivity contribution in [1.29, 1.82) is 0 Å². The highest BCUT2D eigenvalue weighted by Gasteiger charge is 2.33. The van der Waals surface area contributed by atoms with Crippen LogP contribution in [0, 0.1) is 19.7 Å². The van der Waals surface area contributed by atoms with Crippen LogP contribution in [0.15, 0.2) is 60.5 Å². The zero-order chi connectivity index (χ0) is 31.3. The number of hydrogen-bond acceptors (Lipinski definition) is 3. The third-order valence-corrected chi connectivity index (χ3v) is 8.07. The first-order valence-corrected chi connectivity index (χ1v) is 14.9. The van der Waals surface area contributed by atoms with Gasteiger partial charge in [0.05, 0.1) is 12.7 Å². The molecule has 1 atom stereocenters. The SMILES string of the molecule is C=Cc1c(C)ccc(/C(OC2=CC=C(NC3CN(CCCF)C3)CC2F)=C(\CCC)c2ccc(F)cc2C(C)(F)F)c1C. The van der Waals surface area contributed by atoms with Gasteiger partial charge in [-0.05, 0) is 73.2 Å². The van der Waals surface area contributed by atoms with Crippen LogP contribution >= 0.6 is 0 Å². The highest BCUT2D eigenvalue weighted by Crippen LogP contribution is 2.42. The van der Waals surface area contributed by atoms with Crippen LogP contribution in [0.1, 0.15) is 72.9 Å². The molecule has 4 rings (SSSR count). The average molecular weight is 601 g/mol. The van der Waals surface area contributed by atoms with E-state index in [1.165, 1.54) is 6.07 Å². The van der Waals surface area contributed by atoms with Crippen molar-refractivity contribution < 1.29 is 26.7 Å². The number of benzene rings is 2. The monoisotopic (exact) mass is 600 g/mol. The van der Waals surface area contributed by atoms with E-state index in [0.29, 0.717) is 36.9 Å². The third-order valence-electron chi connectivity index (χ3n) is 8.07. The Morgan fingerprint density at radius 2 is 1.86 bits per heavy atom. The smallest absolute Gasteiger partial charge is 0.271 e. The van der Waals surface area contributed by atoms with Crippen LogP contribution < -0.4 is 5.32 Å². The normalized spacial score (nSPS) is 18.4. The number of nitrogens with one attached hydrogen (secondary N) is 1. The fourth-order valence-electron chi connectivity index (χ4n) is 5.83. The number of rotatable bonds is 13. The first-order chi connectivity index (χ1) is 20.5. The van der Waals surface area contributed by atoms with Gasteiger partial charge in [-0.3, -0.25) is 9.29 Å². The standard InChI is InChI=1S/C35H41F5N2O/c1-6-9-30(29-14-11-24(37)18-31(29)35(5,39)40)34(28-13-10-22(3)27(7-2)23(28)4)43-33-15-12-25(19-32(33)38)41-26-20-42(21-26)17-8-16-36/h7,10-15,18,26,32,41H,2,6,8-9,16-17,19-21H2,1,3-5H3/b34-30-. The van der Waals surface area contributed by atoms with Gasteiger partial charge in [-0.1, -0.05) is 44.2 Å². The summed E-state index contributed by atoms with van der Waals surface area (Å²) in [4.78, 5) is 2.15. The van der Waals surface area contributed by atoms with Gasteiger partial charge in [0.2, 0.25) is 0 Å². The molecule has 2 aliphatic rings. The lowest BCUT2D eigenvalue weighted by atomic mass is 9.88. The van der Waals surface area contributed by atoms with Crippen LogP contribution in [-0.2, 0) is 10.7 Å². The lowest BCUT2D eigenvalue weighted by molar-refractivity contribution is 0.0168. The van der Waals surface area contributed by atoms with Gasteiger partial charge in [0.25, 0.3) is 5.92 Å². The number of halogens is 5. The fourth-order valence-corrected chi connectivity index (χ4v) is 5.83. The Labute approximate surface area is 251 Å². The maximum absolute atomic E-state index is 15.7. The largest absolute Gasteiger partial charge is 0.458 e. The number of alkyl halides is 4. The van der Waals surface area contributed by atoms with Crippen molar-refractivity contribution in [3.8, 4) is 0 Å². The lowest BCUT2D eigenvalue weighted by Crippen LogP contribution is -2.57. The summed E-state index contributed by atoms with van der Waals surface area (Å²) in [5.74, 6) is -3.75. The number of nitrogens with zero attached hydrogens (tertiary/aromatic N) is 1. The van der Waals surface area contributed by atoms with Gasteiger partial charge < -0.3 is 10.1 Å². The Morgan fingerprint density at radius 3 is 2.49 bits per heavy atom. The van der Waals surface area contributed by atoms with Crippen molar-refractivity contribution in [2.75, 3.05) is 26.3 Å². The molecular formula is C35H41F5N2O. The molecule has 1 heterocycles. The molecule has 1 aliphatic heterocycles. The van der Waals surface area contributed by atoms with E-state index in [1.807, 2.05) is 32.9 Å². The zero-order valence-corrected chi connectivity index (χ0v) is 25.4. The molecule has 0 saturated carbocycles. The zero-order valence-electron chi connectivity index (χ0n) is 25.4. The topological polar surface area (TPSA) is 24.5 Å². The molecule has 2 aromatic carbocycles. The minimum atomic E-state index is -3.32. The predicted molar refractivity (Wildman–Crippen MR) is 164 cm³/mol. The van der Waals surface area contributed by atoms with Crippen molar-refractivity contribution >= 4 is 17.4 Å². The molecule has 1 N–H and O–H groups in total. The highest BCUT2D eigenvalue weighted by molar-refractivity contribution is 5.91. The van der Waals surface area contributed by atoms with E-state index >= 15 is 4.39 Å². The second-order valence-electron chi connectivity index (χ2n) is 11.5. The van der Waals surface area contributed by atoms with E-state index < -0.39 is 23.5 Å².